The van der Waals surface area contributed by atoms with E-state index in [1.165, 1.54) is 11.1 Å². The van der Waals surface area contributed by atoms with Gasteiger partial charge in [-0.15, -0.1) is 0 Å². The second-order valence-corrected chi connectivity index (χ2v) is 5.07. The summed E-state index contributed by atoms with van der Waals surface area (Å²) < 4.78 is 0. The highest BCUT2D eigenvalue weighted by molar-refractivity contribution is 9.09. The van der Waals surface area contributed by atoms with Crippen molar-refractivity contribution in [1.82, 2.24) is 4.90 Å². The molecular weight excluding hydrogens is 266 g/mol. The number of hydrogen-bond acceptors (Lipinski definition) is 1. The van der Waals surface area contributed by atoms with Crippen molar-refractivity contribution >= 4 is 21.8 Å². The van der Waals surface area contributed by atoms with Crippen molar-refractivity contribution in [2.45, 2.75) is 19.9 Å². The van der Waals surface area contributed by atoms with Crippen LogP contribution in [0.15, 0.2) is 24.3 Å². The minimum Gasteiger partial charge on any atom is -0.338 e. The lowest BCUT2D eigenvalue weighted by molar-refractivity contribution is -0.128. The maximum atomic E-state index is 11.8. The van der Waals surface area contributed by atoms with E-state index < -0.39 is 0 Å². The van der Waals surface area contributed by atoms with E-state index in [-0.39, 0.29) is 5.91 Å². The summed E-state index contributed by atoms with van der Waals surface area (Å²) in [6, 6.07) is 8.26. The van der Waals surface area contributed by atoms with E-state index in [2.05, 4.69) is 35.0 Å². The normalized spacial score (nSPS) is 20.5. The molecule has 1 aromatic rings. The number of alkyl halides is 1. The smallest absolute Gasteiger partial charge is 0.223 e. The van der Waals surface area contributed by atoms with Crippen LogP contribution >= 0.6 is 15.9 Å². The Morgan fingerprint density at radius 1 is 1.44 bits per heavy atom. The number of likely N-dealkylation sites (tertiary alicyclic amines) is 1. The van der Waals surface area contributed by atoms with E-state index in [1.54, 1.807) is 0 Å². The molecule has 0 aliphatic carbocycles. The topological polar surface area (TPSA) is 20.3 Å². The summed E-state index contributed by atoms with van der Waals surface area (Å²) in [5, 5.41) is 0.920. The number of nitrogens with zero attached hydrogens (tertiary/aromatic N) is 1. The highest BCUT2D eigenvalue weighted by Crippen LogP contribution is 2.22. The number of rotatable bonds is 3. The molecule has 0 bridgehead atoms. The zero-order valence-corrected chi connectivity index (χ0v) is 11.0. The Labute approximate surface area is 105 Å². The van der Waals surface area contributed by atoms with E-state index >= 15 is 0 Å². The quantitative estimate of drug-likeness (QED) is 0.781. The van der Waals surface area contributed by atoms with E-state index in [4.69, 9.17) is 0 Å². The lowest BCUT2D eigenvalue weighted by atomic mass is 10.1. The number of carbonyl (C=O) groups is 1. The zero-order chi connectivity index (χ0) is 11.5. The van der Waals surface area contributed by atoms with Crippen LogP contribution in [0.25, 0.3) is 0 Å². The summed E-state index contributed by atoms with van der Waals surface area (Å²) in [5.41, 5.74) is 2.52. The predicted molar refractivity (Wildman–Crippen MR) is 68.5 cm³/mol. The van der Waals surface area contributed by atoms with Crippen LogP contribution < -0.4 is 0 Å². The number of halogens is 1. The number of aryl methyl sites for hydroxylation is 1. The molecule has 0 N–H and O–H groups in total. The van der Waals surface area contributed by atoms with Crippen molar-refractivity contribution in [3.63, 3.8) is 0 Å². The van der Waals surface area contributed by atoms with E-state index in [0.717, 1.165) is 18.4 Å². The zero-order valence-electron chi connectivity index (χ0n) is 9.45. The molecule has 2 rings (SSSR count). The molecule has 0 radical (unpaired) electrons. The standard InChI is InChI=1S/C13H16BrNO/c1-10-4-2-3-5-12(10)9-15-8-11(7-14)6-13(15)16/h2-5,11H,6-9H2,1H3. The van der Waals surface area contributed by atoms with Crippen LogP contribution in [0.5, 0.6) is 0 Å². The highest BCUT2D eigenvalue weighted by atomic mass is 79.9. The maximum absolute atomic E-state index is 11.8. The fourth-order valence-electron chi connectivity index (χ4n) is 2.10. The van der Waals surface area contributed by atoms with Gasteiger partial charge in [0, 0.05) is 24.8 Å². The largest absolute Gasteiger partial charge is 0.338 e. The molecular formula is C13H16BrNO. The van der Waals surface area contributed by atoms with Gasteiger partial charge in [-0.2, -0.15) is 0 Å². The van der Waals surface area contributed by atoms with Gasteiger partial charge in [-0.25, -0.2) is 0 Å². The van der Waals surface area contributed by atoms with Crippen LogP contribution in [0.4, 0.5) is 0 Å². The van der Waals surface area contributed by atoms with Crippen LogP contribution in [0.3, 0.4) is 0 Å². The summed E-state index contributed by atoms with van der Waals surface area (Å²) in [4.78, 5) is 13.7. The molecule has 1 unspecified atom stereocenters. The Balaban J connectivity index is 2.06. The first-order valence-electron chi connectivity index (χ1n) is 5.59. The fourth-order valence-corrected chi connectivity index (χ4v) is 2.54. The molecule has 2 nitrogen and oxygen atoms in total. The van der Waals surface area contributed by atoms with Crippen molar-refractivity contribution in [2.75, 3.05) is 11.9 Å². The Hall–Kier alpha value is -0.830. The van der Waals surface area contributed by atoms with Gasteiger partial charge in [0.25, 0.3) is 0 Å². The molecule has 1 atom stereocenters. The third kappa shape index (κ3) is 2.46. The van der Waals surface area contributed by atoms with Gasteiger partial charge in [0.2, 0.25) is 5.91 Å². The molecule has 0 spiro atoms. The van der Waals surface area contributed by atoms with E-state index in [1.807, 2.05) is 17.0 Å². The van der Waals surface area contributed by atoms with Gasteiger partial charge in [-0.05, 0) is 24.0 Å². The first-order chi connectivity index (χ1) is 7.70. The Morgan fingerprint density at radius 3 is 2.81 bits per heavy atom. The van der Waals surface area contributed by atoms with Gasteiger partial charge >= 0.3 is 0 Å². The number of hydrogen-bond donors (Lipinski definition) is 0. The van der Waals surface area contributed by atoms with Crippen molar-refractivity contribution in [1.29, 1.82) is 0 Å². The van der Waals surface area contributed by atoms with Gasteiger partial charge in [0.05, 0.1) is 0 Å². The lowest BCUT2D eigenvalue weighted by Gasteiger charge is -2.17. The molecule has 86 valence electrons. The molecule has 1 saturated heterocycles. The molecule has 1 aliphatic heterocycles. The van der Waals surface area contributed by atoms with Crippen LogP contribution in [0.2, 0.25) is 0 Å². The third-order valence-electron chi connectivity index (χ3n) is 3.14. The minimum atomic E-state index is 0.285. The summed E-state index contributed by atoms with van der Waals surface area (Å²) in [7, 11) is 0. The lowest BCUT2D eigenvalue weighted by Crippen LogP contribution is -2.25. The average molecular weight is 282 g/mol. The van der Waals surface area contributed by atoms with Gasteiger partial charge in [0.15, 0.2) is 0 Å². The van der Waals surface area contributed by atoms with Crippen molar-refractivity contribution < 1.29 is 4.79 Å². The summed E-state index contributed by atoms with van der Waals surface area (Å²) in [6.07, 6.45) is 0.692. The van der Waals surface area contributed by atoms with Crippen LogP contribution in [0, 0.1) is 12.8 Å². The molecule has 1 aliphatic rings. The monoisotopic (exact) mass is 281 g/mol. The molecule has 1 amide bonds. The average Bonchev–Trinajstić information content (AvgIpc) is 2.63. The first-order valence-corrected chi connectivity index (χ1v) is 6.71. The van der Waals surface area contributed by atoms with E-state index in [0.29, 0.717) is 12.3 Å². The van der Waals surface area contributed by atoms with Crippen molar-refractivity contribution in [2.24, 2.45) is 5.92 Å². The van der Waals surface area contributed by atoms with Gasteiger partial charge < -0.3 is 4.90 Å². The SMILES string of the molecule is Cc1ccccc1CN1CC(CBr)CC1=O. The minimum absolute atomic E-state index is 0.285. The third-order valence-corrected chi connectivity index (χ3v) is 4.05. The Bertz CT molecular complexity index is 391. The van der Waals surface area contributed by atoms with Gasteiger partial charge in [-0.1, -0.05) is 40.2 Å². The molecule has 1 fully saturated rings. The Morgan fingerprint density at radius 2 is 2.19 bits per heavy atom. The molecule has 0 saturated carbocycles. The van der Waals surface area contributed by atoms with Gasteiger partial charge in [0.1, 0.15) is 0 Å². The summed E-state index contributed by atoms with van der Waals surface area (Å²) in [6.45, 7) is 3.74. The first kappa shape index (κ1) is 11.6. The molecule has 1 aromatic carbocycles. The Kier molecular flexibility index (Phi) is 3.64. The molecule has 0 aromatic heterocycles. The van der Waals surface area contributed by atoms with Gasteiger partial charge in [-0.3, -0.25) is 4.79 Å². The van der Waals surface area contributed by atoms with Crippen LogP contribution in [-0.4, -0.2) is 22.7 Å². The number of amides is 1. The number of carbonyl (C=O) groups excluding carboxylic acids is 1. The molecule has 16 heavy (non-hydrogen) atoms. The second kappa shape index (κ2) is 5.00. The summed E-state index contributed by atoms with van der Waals surface area (Å²) in [5.74, 6) is 0.768. The predicted octanol–water partition coefficient (Wildman–Crippen LogP) is 2.74. The van der Waals surface area contributed by atoms with Crippen LogP contribution in [-0.2, 0) is 11.3 Å². The van der Waals surface area contributed by atoms with Crippen molar-refractivity contribution in [3.05, 3.63) is 35.4 Å². The maximum Gasteiger partial charge on any atom is 0.223 e. The highest BCUT2D eigenvalue weighted by Gasteiger charge is 2.28. The summed E-state index contributed by atoms with van der Waals surface area (Å²) >= 11 is 3.45. The van der Waals surface area contributed by atoms with Crippen molar-refractivity contribution in [3.8, 4) is 0 Å². The second-order valence-electron chi connectivity index (χ2n) is 4.43. The fraction of sp³-hybridized carbons (Fsp3) is 0.462. The van der Waals surface area contributed by atoms with E-state index in [9.17, 15) is 4.79 Å². The van der Waals surface area contributed by atoms with Crippen LogP contribution in [0.1, 0.15) is 17.5 Å². The number of benzene rings is 1. The molecule has 3 heteroatoms. The molecule has 1 heterocycles.